The molecule has 4 heteroatoms. The average Bonchev–Trinajstić information content (AvgIpc) is 3.05. The summed E-state index contributed by atoms with van der Waals surface area (Å²) >= 11 is 0. The molecule has 1 aliphatic rings. The van der Waals surface area contributed by atoms with E-state index in [2.05, 4.69) is 0 Å². The zero-order valence-electron chi connectivity index (χ0n) is 10.1. The lowest BCUT2D eigenvalue weighted by Gasteiger charge is -2.24. The van der Waals surface area contributed by atoms with Crippen LogP contribution in [0.15, 0.2) is 0 Å². The zero-order chi connectivity index (χ0) is 12.1. The summed E-state index contributed by atoms with van der Waals surface area (Å²) in [4.78, 5) is 24.2. The Kier molecular flexibility index (Phi) is 4.77. The number of nitrogens with zero attached hydrogens (tertiary/aromatic N) is 1. The van der Waals surface area contributed by atoms with Crippen LogP contribution in [0.4, 0.5) is 0 Å². The predicted molar refractivity (Wildman–Crippen MR) is 61.0 cm³/mol. The Morgan fingerprint density at radius 3 is 2.50 bits per heavy atom. The molecular formula is C12H21NO3. The molecule has 0 aromatic heterocycles. The van der Waals surface area contributed by atoms with Gasteiger partial charge in [-0.15, -0.1) is 0 Å². The minimum absolute atomic E-state index is 0.00699. The number of carbonyl (C=O) groups is 2. The van der Waals surface area contributed by atoms with Gasteiger partial charge in [-0.3, -0.25) is 9.59 Å². The van der Waals surface area contributed by atoms with Crippen molar-refractivity contribution in [1.82, 2.24) is 4.90 Å². The largest absolute Gasteiger partial charge is 0.481 e. The van der Waals surface area contributed by atoms with Crippen molar-refractivity contribution in [2.45, 2.75) is 39.5 Å². The topological polar surface area (TPSA) is 57.6 Å². The van der Waals surface area contributed by atoms with Gasteiger partial charge < -0.3 is 10.0 Å². The van der Waals surface area contributed by atoms with Crippen LogP contribution in [0, 0.1) is 11.8 Å². The van der Waals surface area contributed by atoms with E-state index in [0.29, 0.717) is 12.5 Å². The summed E-state index contributed by atoms with van der Waals surface area (Å²) in [6.07, 6.45) is 3.22. The minimum Gasteiger partial charge on any atom is -0.481 e. The van der Waals surface area contributed by atoms with Crippen LogP contribution in [-0.2, 0) is 9.59 Å². The van der Waals surface area contributed by atoms with Crippen LogP contribution in [0.3, 0.4) is 0 Å². The van der Waals surface area contributed by atoms with Gasteiger partial charge in [0.15, 0.2) is 0 Å². The molecule has 0 aromatic rings. The van der Waals surface area contributed by atoms with Gasteiger partial charge in [0.05, 0.1) is 6.42 Å². The molecule has 92 valence electrons. The summed E-state index contributed by atoms with van der Waals surface area (Å²) in [6.45, 7) is 4.99. The van der Waals surface area contributed by atoms with E-state index >= 15 is 0 Å². The van der Waals surface area contributed by atoms with Crippen molar-refractivity contribution in [2.75, 3.05) is 13.1 Å². The summed E-state index contributed by atoms with van der Waals surface area (Å²) in [7, 11) is 0. The number of hydrogen-bond donors (Lipinski definition) is 1. The Morgan fingerprint density at radius 2 is 2.06 bits per heavy atom. The maximum absolute atomic E-state index is 12.0. The van der Waals surface area contributed by atoms with E-state index in [-0.39, 0.29) is 18.2 Å². The fourth-order valence-electron chi connectivity index (χ4n) is 1.62. The molecule has 4 nitrogen and oxygen atoms in total. The number of carboxylic acid groups (broad SMARTS) is 1. The van der Waals surface area contributed by atoms with Crippen molar-refractivity contribution < 1.29 is 14.7 Å². The highest BCUT2D eigenvalue weighted by molar-refractivity contribution is 5.79. The number of hydrogen-bond acceptors (Lipinski definition) is 2. The molecule has 1 amide bonds. The fourth-order valence-corrected chi connectivity index (χ4v) is 1.62. The standard InChI is InChI=1S/C12H21NO3/c1-3-9(2)12(16)13(7-6-11(14)15)8-10-4-5-10/h9-10H,3-8H2,1-2H3,(H,14,15). The number of carbonyl (C=O) groups excluding carboxylic acids is 1. The normalized spacial score (nSPS) is 16.9. The number of aliphatic carboxylic acids is 1. The van der Waals surface area contributed by atoms with Crippen molar-refractivity contribution in [3.8, 4) is 0 Å². The van der Waals surface area contributed by atoms with Gasteiger partial charge >= 0.3 is 5.97 Å². The lowest BCUT2D eigenvalue weighted by molar-refractivity contribution is -0.139. The van der Waals surface area contributed by atoms with Crippen molar-refractivity contribution >= 4 is 11.9 Å². The molecule has 1 atom stereocenters. The second-order valence-electron chi connectivity index (χ2n) is 4.68. The zero-order valence-corrected chi connectivity index (χ0v) is 10.1. The smallest absolute Gasteiger partial charge is 0.305 e. The third-order valence-electron chi connectivity index (χ3n) is 3.12. The highest BCUT2D eigenvalue weighted by Crippen LogP contribution is 2.30. The molecular weight excluding hydrogens is 206 g/mol. The van der Waals surface area contributed by atoms with Crippen molar-refractivity contribution in [3.63, 3.8) is 0 Å². The molecule has 0 radical (unpaired) electrons. The van der Waals surface area contributed by atoms with E-state index in [0.717, 1.165) is 13.0 Å². The first-order chi connectivity index (χ1) is 7.54. The van der Waals surface area contributed by atoms with Crippen LogP contribution in [0.1, 0.15) is 39.5 Å². The first kappa shape index (κ1) is 13.0. The molecule has 1 aliphatic carbocycles. The first-order valence-corrected chi connectivity index (χ1v) is 6.05. The van der Waals surface area contributed by atoms with Gasteiger partial charge in [-0.1, -0.05) is 13.8 Å². The lowest BCUT2D eigenvalue weighted by Crippen LogP contribution is -2.38. The van der Waals surface area contributed by atoms with E-state index < -0.39 is 5.97 Å². The second kappa shape index (κ2) is 5.87. The molecule has 1 unspecified atom stereocenters. The molecule has 1 fully saturated rings. The molecule has 1 N–H and O–H groups in total. The third kappa shape index (κ3) is 4.21. The summed E-state index contributed by atoms with van der Waals surface area (Å²) in [5.74, 6) is -0.109. The molecule has 1 rings (SSSR count). The van der Waals surface area contributed by atoms with Crippen LogP contribution >= 0.6 is 0 Å². The monoisotopic (exact) mass is 227 g/mol. The summed E-state index contributed by atoms with van der Waals surface area (Å²) in [6, 6.07) is 0. The Morgan fingerprint density at radius 1 is 1.44 bits per heavy atom. The fraction of sp³-hybridized carbons (Fsp3) is 0.833. The van der Waals surface area contributed by atoms with Crippen LogP contribution in [-0.4, -0.2) is 35.0 Å². The van der Waals surface area contributed by atoms with Crippen molar-refractivity contribution in [1.29, 1.82) is 0 Å². The van der Waals surface area contributed by atoms with Gasteiger partial charge in [0.2, 0.25) is 5.91 Å². The van der Waals surface area contributed by atoms with Crippen LogP contribution in [0.5, 0.6) is 0 Å². The highest BCUT2D eigenvalue weighted by atomic mass is 16.4. The summed E-state index contributed by atoms with van der Waals surface area (Å²) in [5.41, 5.74) is 0. The van der Waals surface area contributed by atoms with Crippen LogP contribution < -0.4 is 0 Å². The molecule has 1 saturated carbocycles. The van der Waals surface area contributed by atoms with Gasteiger partial charge in [0.25, 0.3) is 0 Å². The molecule has 0 aliphatic heterocycles. The van der Waals surface area contributed by atoms with Crippen molar-refractivity contribution in [2.24, 2.45) is 11.8 Å². The van der Waals surface area contributed by atoms with E-state index in [1.165, 1.54) is 12.8 Å². The average molecular weight is 227 g/mol. The van der Waals surface area contributed by atoms with E-state index in [1.54, 1.807) is 4.90 Å². The summed E-state index contributed by atoms with van der Waals surface area (Å²) < 4.78 is 0. The minimum atomic E-state index is -0.835. The SMILES string of the molecule is CCC(C)C(=O)N(CCC(=O)O)CC1CC1. The van der Waals surface area contributed by atoms with E-state index in [9.17, 15) is 9.59 Å². The van der Waals surface area contributed by atoms with E-state index in [4.69, 9.17) is 5.11 Å². The Balaban J connectivity index is 2.47. The van der Waals surface area contributed by atoms with Gasteiger partial charge in [-0.05, 0) is 25.2 Å². The van der Waals surface area contributed by atoms with Gasteiger partial charge in [-0.2, -0.15) is 0 Å². The molecule has 0 saturated heterocycles. The molecule has 0 heterocycles. The van der Waals surface area contributed by atoms with Gasteiger partial charge in [-0.25, -0.2) is 0 Å². The number of rotatable bonds is 7. The number of amides is 1. The third-order valence-corrected chi connectivity index (χ3v) is 3.12. The maximum atomic E-state index is 12.0. The van der Waals surface area contributed by atoms with Crippen LogP contribution in [0.2, 0.25) is 0 Å². The maximum Gasteiger partial charge on any atom is 0.305 e. The number of carboxylic acids is 1. The molecule has 0 aromatic carbocycles. The second-order valence-corrected chi connectivity index (χ2v) is 4.68. The first-order valence-electron chi connectivity index (χ1n) is 6.05. The molecule has 16 heavy (non-hydrogen) atoms. The Labute approximate surface area is 96.6 Å². The van der Waals surface area contributed by atoms with Crippen molar-refractivity contribution in [3.05, 3.63) is 0 Å². The summed E-state index contributed by atoms with van der Waals surface area (Å²) in [5, 5.41) is 8.65. The Hall–Kier alpha value is -1.06. The highest BCUT2D eigenvalue weighted by Gasteiger charge is 2.28. The van der Waals surface area contributed by atoms with Gasteiger partial charge in [0.1, 0.15) is 0 Å². The van der Waals surface area contributed by atoms with Gasteiger partial charge in [0, 0.05) is 19.0 Å². The Bertz CT molecular complexity index is 261. The van der Waals surface area contributed by atoms with E-state index in [1.807, 2.05) is 13.8 Å². The lowest BCUT2D eigenvalue weighted by atomic mass is 10.1. The predicted octanol–water partition coefficient (Wildman–Crippen LogP) is 1.75. The molecule has 0 spiro atoms. The quantitative estimate of drug-likeness (QED) is 0.720. The molecule has 0 bridgehead atoms. The van der Waals surface area contributed by atoms with Crippen LogP contribution in [0.25, 0.3) is 0 Å².